The van der Waals surface area contributed by atoms with E-state index in [-0.39, 0.29) is 35.2 Å². The van der Waals surface area contributed by atoms with Crippen LogP contribution in [0.4, 0.5) is 18.3 Å². The van der Waals surface area contributed by atoms with Crippen molar-refractivity contribution in [1.29, 1.82) is 0 Å². The number of hydrogen-bond acceptors (Lipinski definition) is 6. The van der Waals surface area contributed by atoms with E-state index in [0.29, 0.717) is 23.3 Å². The average molecular weight is 428 g/mol. The minimum absolute atomic E-state index is 0.0289. The van der Waals surface area contributed by atoms with Crippen LogP contribution in [0.1, 0.15) is 25.7 Å². The molecule has 1 aromatic carbocycles. The molecule has 1 saturated carbocycles. The summed E-state index contributed by atoms with van der Waals surface area (Å²) in [5.74, 6) is -0.610. The highest BCUT2D eigenvalue weighted by atomic mass is 32.1. The Morgan fingerprint density at radius 1 is 1.38 bits per heavy atom. The Balaban J connectivity index is 1.37. The molecule has 1 aliphatic heterocycles. The number of hydrogen-bond donors (Lipinski definition) is 2. The van der Waals surface area contributed by atoms with Crippen molar-refractivity contribution in [2.75, 3.05) is 18.4 Å². The standard InChI is InChI=1S/C18H19F3N4O3S/c19-18(20,21)28-11-1-2-12-13(8-11)29-16(23-12)24-14(26)7-10-3-6-25(10)15(27)17(9-22)4-5-17/h1-2,8,10H,3-7,9,22H2,(H,23,24,26)/t10-/m0/s1. The van der Waals surface area contributed by atoms with Crippen LogP contribution in [0.15, 0.2) is 18.2 Å². The third-order valence-corrected chi connectivity index (χ3v) is 6.30. The van der Waals surface area contributed by atoms with Crippen molar-refractivity contribution in [2.24, 2.45) is 11.1 Å². The van der Waals surface area contributed by atoms with Gasteiger partial charge in [0.25, 0.3) is 0 Å². The summed E-state index contributed by atoms with van der Waals surface area (Å²) >= 11 is 1.06. The zero-order chi connectivity index (χ0) is 20.8. The first-order chi connectivity index (χ1) is 13.7. The molecule has 2 heterocycles. The van der Waals surface area contributed by atoms with Crippen LogP contribution >= 0.6 is 11.3 Å². The second-order valence-corrected chi connectivity index (χ2v) is 8.40. The number of halogens is 3. The molecule has 1 atom stereocenters. The maximum Gasteiger partial charge on any atom is 0.573 e. The molecule has 3 N–H and O–H groups in total. The summed E-state index contributed by atoms with van der Waals surface area (Å²) in [6.45, 7) is 0.953. The highest BCUT2D eigenvalue weighted by molar-refractivity contribution is 7.22. The third kappa shape index (κ3) is 4.15. The van der Waals surface area contributed by atoms with Gasteiger partial charge in [-0.05, 0) is 31.4 Å². The molecule has 11 heteroatoms. The van der Waals surface area contributed by atoms with Gasteiger partial charge in [-0.15, -0.1) is 13.2 Å². The van der Waals surface area contributed by atoms with Gasteiger partial charge >= 0.3 is 6.36 Å². The number of anilines is 1. The van der Waals surface area contributed by atoms with E-state index in [1.54, 1.807) is 4.90 Å². The molecule has 2 aliphatic rings. The summed E-state index contributed by atoms with van der Waals surface area (Å²) in [5, 5.41) is 2.95. The van der Waals surface area contributed by atoms with Crippen molar-refractivity contribution in [3.8, 4) is 5.75 Å². The zero-order valence-electron chi connectivity index (χ0n) is 15.3. The van der Waals surface area contributed by atoms with Gasteiger partial charge in [-0.25, -0.2) is 4.98 Å². The van der Waals surface area contributed by atoms with Crippen LogP contribution in [0.25, 0.3) is 10.2 Å². The number of carbonyl (C=O) groups is 2. The molecule has 7 nitrogen and oxygen atoms in total. The Kier molecular flexibility index (Phi) is 4.89. The number of carbonyl (C=O) groups excluding carboxylic acids is 2. The number of nitrogens with two attached hydrogens (primary N) is 1. The van der Waals surface area contributed by atoms with Gasteiger partial charge in [0.15, 0.2) is 5.13 Å². The SMILES string of the molecule is NCC1(C(=O)N2CC[C@H]2CC(=O)Nc2nc3ccc(OC(F)(F)F)cc3s2)CC1. The van der Waals surface area contributed by atoms with Crippen LogP contribution in [0.3, 0.4) is 0 Å². The van der Waals surface area contributed by atoms with Gasteiger partial charge in [0.05, 0.1) is 15.6 Å². The minimum Gasteiger partial charge on any atom is -0.406 e. The Labute approximate surface area is 168 Å². The number of ether oxygens (including phenoxy) is 1. The van der Waals surface area contributed by atoms with Crippen LogP contribution in [-0.2, 0) is 9.59 Å². The maximum atomic E-state index is 12.6. The lowest BCUT2D eigenvalue weighted by molar-refractivity contribution is -0.274. The second kappa shape index (κ2) is 7.13. The Bertz CT molecular complexity index is 957. The summed E-state index contributed by atoms with van der Waals surface area (Å²) in [4.78, 5) is 30.9. The lowest BCUT2D eigenvalue weighted by atomic mass is 9.94. The number of aromatic nitrogens is 1. The van der Waals surface area contributed by atoms with E-state index in [9.17, 15) is 22.8 Å². The van der Waals surface area contributed by atoms with E-state index in [0.717, 1.165) is 30.6 Å². The molecule has 2 amide bonds. The molecule has 29 heavy (non-hydrogen) atoms. The number of rotatable bonds is 6. The number of benzene rings is 1. The Morgan fingerprint density at radius 3 is 2.72 bits per heavy atom. The fourth-order valence-electron chi connectivity index (χ4n) is 3.42. The smallest absolute Gasteiger partial charge is 0.406 e. The predicted octanol–water partition coefficient (Wildman–Crippen LogP) is 2.86. The number of alkyl halides is 3. The molecule has 2 aromatic rings. The summed E-state index contributed by atoms with van der Waals surface area (Å²) < 4.78 is 41.4. The number of amides is 2. The van der Waals surface area contributed by atoms with Crippen LogP contribution < -0.4 is 15.8 Å². The van der Waals surface area contributed by atoms with Gasteiger partial charge in [-0.2, -0.15) is 0 Å². The first kappa shape index (κ1) is 19.9. The van der Waals surface area contributed by atoms with Crippen molar-refractivity contribution < 1.29 is 27.5 Å². The quantitative estimate of drug-likeness (QED) is 0.738. The molecule has 0 spiro atoms. The largest absolute Gasteiger partial charge is 0.573 e. The summed E-state index contributed by atoms with van der Waals surface area (Å²) in [7, 11) is 0. The average Bonchev–Trinajstić information content (AvgIpc) is 3.32. The summed E-state index contributed by atoms with van der Waals surface area (Å²) in [6.07, 6.45) is -2.29. The van der Waals surface area contributed by atoms with Crippen LogP contribution in [0, 0.1) is 5.41 Å². The van der Waals surface area contributed by atoms with E-state index in [4.69, 9.17) is 5.73 Å². The van der Waals surface area contributed by atoms with Gasteiger partial charge in [0, 0.05) is 31.6 Å². The second-order valence-electron chi connectivity index (χ2n) is 7.37. The lowest BCUT2D eigenvalue weighted by Crippen LogP contribution is -2.55. The molecule has 156 valence electrons. The fourth-order valence-corrected chi connectivity index (χ4v) is 4.33. The summed E-state index contributed by atoms with van der Waals surface area (Å²) in [5.41, 5.74) is 5.74. The first-order valence-electron chi connectivity index (χ1n) is 9.16. The van der Waals surface area contributed by atoms with Crippen molar-refractivity contribution in [1.82, 2.24) is 9.88 Å². The predicted molar refractivity (Wildman–Crippen MR) is 100 cm³/mol. The zero-order valence-corrected chi connectivity index (χ0v) is 16.1. The Hall–Kier alpha value is -2.40. The van der Waals surface area contributed by atoms with Crippen molar-refractivity contribution in [3.05, 3.63) is 18.2 Å². The molecule has 0 unspecified atom stereocenters. The highest BCUT2D eigenvalue weighted by Gasteiger charge is 2.53. The van der Waals surface area contributed by atoms with Crippen LogP contribution in [-0.4, -0.2) is 47.2 Å². The van der Waals surface area contributed by atoms with E-state index in [2.05, 4.69) is 15.0 Å². The molecule has 1 saturated heterocycles. The monoisotopic (exact) mass is 428 g/mol. The van der Waals surface area contributed by atoms with Gasteiger partial charge in [-0.3, -0.25) is 9.59 Å². The third-order valence-electron chi connectivity index (χ3n) is 5.36. The van der Waals surface area contributed by atoms with E-state index in [1.807, 2.05) is 0 Å². The maximum absolute atomic E-state index is 12.6. The first-order valence-corrected chi connectivity index (χ1v) is 9.98. The van der Waals surface area contributed by atoms with Crippen molar-refractivity contribution in [2.45, 2.75) is 38.1 Å². The molecule has 1 aromatic heterocycles. The highest BCUT2D eigenvalue weighted by Crippen LogP contribution is 2.47. The molecule has 0 radical (unpaired) electrons. The normalized spacial score (nSPS) is 20.3. The van der Waals surface area contributed by atoms with Crippen LogP contribution in [0.5, 0.6) is 5.75 Å². The van der Waals surface area contributed by atoms with E-state index in [1.165, 1.54) is 18.2 Å². The number of thiazole rings is 1. The Morgan fingerprint density at radius 2 is 2.14 bits per heavy atom. The van der Waals surface area contributed by atoms with E-state index < -0.39 is 11.8 Å². The van der Waals surface area contributed by atoms with E-state index >= 15 is 0 Å². The molecular weight excluding hydrogens is 409 g/mol. The number of likely N-dealkylation sites (tertiary alicyclic amines) is 1. The molecule has 4 rings (SSSR count). The molecule has 1 aliphatic carbocycles. The fraction of sp³-hybridized carbons (Fsp3) is 0.500. The molecule has 2 fully saturated rings. The van der Waals surface area contributed by atoms with Gasteiger partial charge < -0.3 is 20.7 Å². The van der Waals surface area contributed by atoms with Crippen molar-refractivity contribution >= 4 is 38.5 Å². The number of nitrogens with one attached hydrogen (secondary N) is 1. The minimum atomic E-state index is -4.77. The molecule has 0 bridgehead atoms. The topological polar surface area (TPSA) is 97.6 Å². The lowest BCUT2D eigenvalue weighted by Gasteiger charge is -2.42. The van der Waals surface area contributed by atoms with Gasteiger partial charge in [0.2, 0.25) is 11.8 Å². The van der Waals surface area contributed by atoms with Crippen LogP contribution in [0.2, 0.25) is 0 Å². The molecular formula is C18H19F3N4O3S. The number of fused-ring (bicyclic) bond motifs is 1. The summed E-state index contributed by atoms with van der Waals surface area (Å²) in [6, 6.07) is 3.64. The van der Waals surface area contributed by atoms with Crippen molar-refractivity contribution in [3.63, 3.8) is 0 Å². The van der Waals surface area contributed by atoms with Gasteiger partial charge in [-0.1, -0.05) is 11.3 Å². The van der Waals surface area contributed by atoms with Gasteiger partial charge in [0.1, 0.15) is 5.75 Å². The number of nitrogens with zero attached hydrogens (tertiary/aromatic N) is 2.